The van der Waals surface area contributed by atoms with E-state index in [4.69, 9.17) is 11.6 Å². The van der Waals surface area contributed by atoms with Crippen molar-refractivity contribution >= 4 is 40.9 Å². The van der Waals surface area contributed by atoms with Crippen LogP contribution in [0.3, 0.4) is 0 Å². The third-order valence-electron chi connectivity index (χ3n) is 4.43. The first kappa shape index (κ1) is 23.7. The minimum Gasteiger partial charge on any atom is -0.355 e. The SMILES string of the molecule is CCNC(=O)[C@@H](C)N(Cc1ccc(Cl)cc1)C(=O)CSCc1ccc([N+](=O)[O-])cc1. The molecule has 0 spiro atoms. The number of rotatable bonds is 10. The zero-order valence-corrected chi connectivity index (χ0v) is 18.4. The van der Waals surface area contributed by atoms with Crippen LogP contribution in [0.5, 0.6) is 0 Å². The molecular weight excluding hydrogens is 426 g/mol. The van der Waals surface area contributed by atoms with Crippen LogP contribution in [0.15, 0.2) is 48.5 Å². The lowest BCUT2D eigenvalue weighted by Crippen LogP contribution is -2.48. The number of thioether (sulfide) groups is 1. The summed E-state index contributed by atoms with van der Waals surface area (Å²) in [5, 5.41) is 14.1. The Hall–Kier alpha value is -2.58. The highest BCUT2D eigenvalue weighted by molar-refractivity contribution is 7.99. The number of carbonyl (C=O) groups is 2. The van der Waals surface area contributed by atoms with Crippen molar-refractivity contribution in [1.29, 1.82) is 0 Å². The molecule has 2 rings (SSSR count). The van der Waals surface area contributed by atoms with Crippen molar-refractivity contribution in [2.24, 2.45) is 0 Å². The number of non-ortho nitro benzene ring substituents is 1. The standard InChI is InChI=1S/C21H24ClN3O4S/c1-3-23-21(27)15(2)24(12-16-4-8-18(22)9-5-16)20(26)14-30-13-17-6-10-19(11-7-17)25(28)29/h4-11,15H,3,12-14H2,1-2H3,(H,23,27)/t15-/m1/s1. The summed E-state index contributed by atoms with van der Waals surface area (Å²) in [6, 6.07) is 12.8. The Morgan fingerprint density at radius 3 is 2.30 bits per heavy atom. The molecule has 1 atom stereocenters. The van der Waals surface area contributed by atoms with Crippen LogP contribution in [-0.2, 0) is 21.9 Å². The van der Waals surface area contributed by atoms with Gasteiger partial charge < -0.3 is 10.2 Å². The van der Waals surface area contributed by atoms with Gasteiger partial charge in [0, 0.05) is 36.0 Å². The van der Waals surface area contributed by atoms with Crippen molar-refractivity contribution in [3.63, 3.8) is 0 Å². The molecule has 0 bridgehead atoms. The number of hydrogen-bond acceptors (Lipinski definition) is 5. The van der Waals surface area contributed by atoms with Crippen molar-refractivity contribution < 1.29 is 14.5 Å². The lowest BCUT2D eigenvalue weighted by molar-refractivity contribution is -0.384. The number of amides is 2. The maximum absolute atomic E-state index is 12.9. The lowest BCUT2D eigenvalue weighted by atomic mass is 10.1. The summed E-state index contributed by atoms with van der Waals surface area (Å²) in [6.07, 6.45) is 0. The summed E-state index contributed by atoms with van der Waals surface area (Å²) in [7, 11) is 0. The van der Waals surface area contributed by atoms with E-state index >= 15 is 0 Å². The fraction of sp³-hybridized carbons (Fsp3) is 0.333. The predicted molar refractivity (Wildman–Crippen MR) is 119 cm³/mol. The molecule has 0 fully saturated rings. The maximum atomic E-state index is 12.9. The molecule has 0 aliphatic heterocycles. The molecular formula is C21H24ClN3O4S. The molecule has 0 saturated heterocycles. The van der Waals surface area contributed by atoms with E-state index in [9.17, 15) is 19.7 Å². The zero-order valence-electron chi connectivity index (χ0n) is 16.8. The minimum absolute atomic E-state index is 0.0322. The lowest BCUT2D eigenvalue weighted by Gasteiger charge is -2.28. The molecule has 0 radical (unpaired) electrons. The van der Waals surface area contributed by atoms with Gasteiger partial charge in [0.2, 0.25) is 11.8 Å². The number of benzene rings is 2. The molecule has 2 aromatic carbocycles. The van der Waals surface area contributed by atoms with Crippen LogP contribution in [0.4, 0.5) is 5.69 Å². The number of hydrogen-bond donors (Lipinski definition) is 1. The van der Waals surface area contributed by atoms with E-state index < -0.39 is 11.0 Å². The molecule has 7 nitrogen and oxygen atoms in total. The average Bonchev–Trinajstić information content (AvgIpc) is 2.73. The van der Waals surface area contributed by atoms with Crippen LogP contribution in [0.25, 0.3) is 0 Å². The van der Waals surface area contributed by atoms with Gasteiger partial charge in [-0.15, -0.1) is 11.8 Å². The number of likely N-dealkylation sites (N-methyl/N-ethyl adjacent to an activating group) is 1. The van der Waals surface area contributed by atoms with Crippen LogP contribution < -0.4 is 5.32 Å². The van der Waals surface area contributed by atoms with Crippen molar-refractivity contribution in [3.05, 3.63) is 74.8 Å². The summed E-state index contributed by atoms with van der Waals surface area (Å²) in [5.41, 5.74) is 1.80. The third kappa shape index (κ3) is 7.03. The van der Waals surface area contributed by atoms with E-state index in [0.29, 0.717) is 23.9 Å². The summed E-state index contributed by atoms with van der Waals surface area (Å²) in [6.45, 7) is 4.32. The largest absolute Gasteiger partial charge is 0.355 e. The third-order valence-corrected chi connectivity index (χ3v) is 5.67. The van der Waals surface area contributed by atoms with E-state index in [-0.39, 0.29) is 23.3 Å². The second-order valence-corrected chi connectivity index (χ2v) is 8.06. The molecule has 1 N–H and O–H groups in total. The number of nitrogens with one attached hydrogen (secondary N) is 1. The number of nitrogens with zero attached hydrogens (tertiary/aromatic N) is 2. The molecule has 2 amide bonds. The normalized spacial score (nSPS) is 11.6. The highest BCUT2D eigenvalue weighted by Gasteiger charge is 2.25. The summed E-state index contributed by atoms with van der Waals surface area (Å²) < 4.78 is 0. The highest BCUT2D eigenvalue weighted by atomic mass is 35.5. The van der Waals surface area contributed by atoms with Crippen LogP contribution in [0.2, 0.25) is 5.02 Å². The topological polar surface area (TPSA) is 92.6 Å². The molecule has 0 aliphatic carbocycles. The number of nitro groups is 1. The maximum Gasteiger partial charge on any atom is 0.269 e. The monoisotopic (exact) mass is 449 g/mol. The van der Waals surface area contributed by atoms with Gasteiger partial charge >= 0.3 is 0 Å². The Morgan fingerprint density at radius 1 is 1.13 bits per heavy atom. The molecule has 30 heavy (non-hydrogen) atoms. The smallest absolute Gasteiger partial charge is 0.269 e. The number of carbonyl (C=O) groups excluding carboxylic acids is 2. The predicted octanol–water partition coefficient (Wildman–Crippen LogP) is 4.03. The number of halogens is 1. The van der Waals surface area contributed by atoms with E-state index in [2.05, 4.69) is 5.32 Å². The summed E-state index contributed by atoms with van der Waals surface area (Å²) >= 11 is 7.33. The molecule has 160 valence electrons. The fourth-order valence-electron chi connectivity index (χ4n) is 2.74. The molecule has 0 aromatic heterocycles. The molecule has 0 aliphatic rings. The van der Waals surface area contributed by atoms with Gasteiger partial charge in [0.05, 0.1) is 10.7 Å². The van der Waals surface area contributed by atoms with Crippen molar-refractivity contribution in [1.82, 2.24) is 10.2 Å². The van der Waals surface area contributed by atoms with Crippen LogP contribution in [0.1, 0.15) is 25.0 Å². The minimum atomic E-state index is -0.617. The van der Waals surface area contributed by atoms with Crippen molar-refractivity contribution in [2.75, 3.05) is 12.3 Å². The van der Waals surface area contributed by atoms with Crippen LogP contribution in [-0.4, -0.2) is 40.0 Å². The van der Waals surface area contributed by atoms with Crippen molar-refractivity contribution in [2.45, 2.75) is 32.2 Å². The molecule has 0 saturated carbocycles. The Morgan fingerprint density at radius 2 is 1.73 bits per heavy atom. The second-order valence-electron chi connectivity index (χ2n) is 6.64. The van der Waals surface area contributed by atoms with E-state index in [1.54, 1.807) is 36.1 Å². The number of nitro benzene ring substituents is 1. The van der Waals surface area contributed by atoms with Gasteiger partial charge in [-0.05, 0) is 37.1 Å². The summed E-state index contributed by atoms with van der Waals surface area (Å²) in [4.78, 5) is 37.1. The molecule has 0 unspecified atom stereocenters. The van der Waals surface area contributed by atoms with Crippen LogP contribution >= 0.6 is 23.4 Å². The second kappa shape index (κ2) is 11.6. The Bertz CT molecular complexity index is 875. The Balaban J connectivity index is 2.02. The van der Waals surface area contributed by atoms with Gasteiger partial charge in [-0.2, -0.15) is 0 Å². The van der Waals surface area contributed by atoms with E-state index in [1.165, 1.54) is 23.9 Å². The fourth-order valence-corrected chi connectivity index (χ4v) is 3.74. The zero-order chi connectivity index (χ0) is 22.1. The van der Waals surface area contributed by atoms with Gasteiger partial charge in [0.1, 0.15) is 6.04 Å². The average molecular weight is 450 g/mol. The first-order valence-corrected chi connectivity index (χ1v) is 11.0. The first-order valence-electron chi connectivity index (χ1n) is 9.44. The van der Waals surface area contributed by atoms with Crippen molar-refractivity contribution in [3.8, 4) is 0 Å². The van der Waals surface area contributed by atoms with Gasteiger partial charge in [-0.3, -0.25) is 19.7 Å². The van der Waals surface area contributed by atoms with Crippen LogP contribution in [0, 0.1) is 10.1 Å². The Labute approximate surface area is 184 Å². The van der Waals surface area contributed by atoms with E-state index in [0.717, 1.165) is 11.1 Å². The molecule has 9 heteroatoms. The Kier molecular flexibility index (Phi) is 9.14. The summed E-state index contributed by atoms with van der Waals surface area (Å²) in [5.74, 6) is 0.360. The van der Waals surface area contributed by atoms with E-state index in [1.807, 2.05) is 19.1 Å². The van der Waals surface area contributed by atoms with Gasteiger partial charge in [0.25, 0.3) is 5.69 Å². The molecule has 2 aromatic rings. The quantitative estimate of drug-likeness (QED) is 0.436. The molecule has 0 heterocycles. The van der Waals surface area contributed by atoms with Gasteiger partial charge in [-0.1, -0.05) is 35.9 Å². The first-order chi connectivity index (χ1) is 14.3. The highest BCUT2D eigenvalue weighted by Crippen LogP contribution is 2.19. The van der Waals surface area contributed by atoms with Gasteiger partial charge in [-0.25, -0.2) is 0 Å². The van der Waals surface area contributed by atoms with Gasteiger partial charge in [0.15, 0.2) is 0 Å².